The molecule has 0 atom stereocenters. The lowest BCUT2D eigenvalue weighted by atomic mass is 10.1. The zero-order chi connectivity index (χ0) is 20.5. The number of aryl methyl sites for hydroxylation is 2. The first-order valence-electron chi connectivity index (χ1n) is 8.40. The van der Waals surface area contributed by atoms with Crippen LogP contribution in [0.25, 0.3) is 5.69 Å². The van der Waals surface area contributed by atoms with Gasteiger partial charge in [0.25, 0.3) is 11.5 Å². The fraction of sp³-hybridized carbons (Fsp3) is 0.200. The molecule has 0 bridgehead atoms. The molecule has 0 saturated heterocycles. The van der Waals surface area contributed by atoms with Gasteiger partial charge in [-0.15, -0.1) is 0 Å². The van der Waals surface area contributed by atoms with Crippen molar-refractivity contribution in [1.82, 2.24) is 9.88 Å². The highest BCUT2D eigenvalue weighted by Crippen LogP contribution is 2.30. The Morgan fingerprint density at radius 1 is 1.11 bits per heavy atom. The van der Waals surface area contributed by atoms with E-state index in [0.717, 1.165) is 16.7 Å². The zero-order valence-electron chi connectivity index (χ0n) is 15.1. The molecule has 3 rings (SSSR count). The average Bonchev–Trinajstić information content (AvgIpc) is 3.05. The van der Waals surface area contributed by atoms with E-state index < -0.39 is 23.2 Å². The standard InChI is InChI=1S/C20H17F3N2O3/c1-12-6-9-17(18(26)24-11-16-8-7-13(2)28-16)19(27)25(12)15-5-3-4-14(10-15)20(21,22)23/h3-10H,11H2,1-2H3,(H,24,26). The Morgan fingerprint density at radius 2 is 1.86 bits per heavy atom. The molecule has 1 aromatic carbocycles. The van der Waals surface area contributed by atoms with Gasteiger partial charge in [-0.05, 0) is 56.3 Å². The summed E-state index contributed by atoms with van der Waals surface area (Å²) in [6.45, 7) is 3.43. The zero-order valence-corrected chi connectivity index (χ0v) is 15.1. The maximum atomic E-state index is 13.0. The minimum Gasteiger partial charge on any atom is -0.465 e. The van der Waals surface area contributed by atoms with Gasteiger partial charge in [0.2, 0.25) is 0 Å². The number of pyridine rings is 1. The van der Waals surface area contributed by atoms with Gasteiger partial charge >= 0.3 is 6.18 Å². The molecule has 0 aliphatic heterocycles. The van der Waals surface area contributed by atoms with Gasteiger partial charge in [0.05, 0.1) is 12.1 Å². The number of furan rings is 1. The lowest BCUT2D eigenvalue weighted by molar-refractivity contribution is -0.137. The van der Waals surface area contributed by atoms with Crippen LogP contribution in [0.2, 0.25) is 0 Å². The predicted molar refractivity (Wildman–Crippen MR) is 96.4 cm³/mol. The van der Waals surface area contributed by atoms with Gasteiger partial charge in [-0.25, -0.2) is 0 Å². The molecule has 0 unspecified atom stereocenters. The summed E-state index contributed by atoms with van der Waals surface area (Å²) in [6, 6.07) is 10.7. The number of amides is 1. The number of alkyl halides is 3. The molecular formula is C20H17F3N2O3. The molecule has 1 N–H and O–H groups in total. The van der Waals surface area contributed by atoms with Crippen LogP contribution < -0.4 is 10.9 Å². The van der Waals surface area contributed by atoms with E-state index in [9.17, 15) is 22.8 Å². The third-order valence-corrected chi connectivity index (χ3v) is 4.17. The summed E-state index contributed by atoms with van der Waals surface area (Å²) in [4.78, 5) is 25.2. The smallest absolute Gasteiger partial charge is 0.416 e. The Balaban J connectivity index is 1.94. The molecule has 0 aliphatic rings. The van der Waals surface area contributed by atoms with E-state index in [1.54, 1.807) is 26.0 Å². The monoisotopic (exact) mass is 390 g/mol. The first-order chi connectivity index (χ1) is 13.2. The summed E-state index contributed by atoms with van der Waals surface area (Å²) in [5.74, 6) is 0.572. The highest BCUT2D eigenvalue weighted by atomic mass is 19.4. The summed E-state index contributed by atoms with van der Waals surface area (Å²) < 4.78 is 45.4. The number of halogens is 3. The van der Waals surface area contributed by atoms with Crippen LogP contribution in [0.5, 0.6) is 0 Å². The van der Waals surface area contributed by atoms with Crippen LogP contribution in [0.4, 0.5) is 13.2 Å². The summed E-state index contributed by atoms with van der Waals surface area (Å²) in [7, 11) is 0. The van der Waals surface area contributed by atoms with Gasteiger partial charge in [0.15, 0.2) is 0 Å². The van der Waals surface area contributed by atoms with Crippen LogP contribution in [-0.4, -0.2) is 10.5 Å². The maximum absolute atomic E-state index is 13.0. The summed E-state index contributed by atoms with van der Waals surface area (Å²) >= 11 is 0. The van der Waals surface area contributed by atoms with Crippen molar-refractivity contribution in [3.05, 3.63) is 87.2 Å². The quantitative estimate of drug-likeness (QED) is 0.733. The Bertz CT molecular complexity index is 1080. The molecule has 0 fully saturated rings. The normalized spacial score (nSPS) is 11.5. The number of hydrogen-bond acceptors (Lipinski definition) is 3. The maximum Gasteiger partial charge on any atom is 0.416 e. The third kappa shape index (κ3) is 4.00. The van der Waals surface area contributed by atoms with Crippen LogP contribution in [0.3, 0.4) is 0 Å². The van der Waals surface area contributed by atoms with Gasteiger partial charge in [-0.3, -0.25) is 14.2 Å². The fourth-order valence-corrected chi connectivity index (χ4v) is 2.79. The van der Waals surface area contributed by atoms with E-state index >= 15 is 0 Å². The van der Waals surface area contributed by atoms with E-state index in [0.29, 0.717) is 17.2 Å². The molecule has 5 nitrogen and oxygen atoms in total. The predicted octanol–water partition coefficient (Wildman–Crippen LogP) is 4.00. The molecule has 0 spiro atoms. The number of aromatic nitrogens is 1. The molecule has 0 saturated carbocycles. The number of carbonyl (C=O) groups is 1. The van der Waals surface area contributed by atoms with Crippen molar-refractivity contribution in [1.29, 1.82) is 0 Å². The highest BCUT2D eigenvalue weighted by molar-refractivity contribution is 5.93. The van der Waals surface area contributed by atoms with E-state index in [4.69, 9.17) is 4.42 Å². The summed E-state index contributed by atoms with van der Waals surface area (Å²) in [5.41, 5.74) is -1.31. The first kappa shape index (κ1) is 19.5. The molecule has 146 valence electrons. The van der Waals surface area contributed by atoms with Crippen molar-refractivity contribution < 1.29 is 22.4 Å². The molecule has 0 aliphatic carbocycles. The van der Waals surface area contributed by atoms with E-state index in [-0.39, 0.29) is 17.8 Å². The molecule has 2 heterocycles. The molecule has 8 heteroatoms. The van der Waals surface area contributed by atoms with Gasteiger partial charge in [0, 0.05) is 11.4 Å². The van der Waals surface area contributed by atoms with Crippen molar-refractivity contribution in [2.45, 2.75) is 26.6 Å². The van der Waals surface area contributed by atoms with Crippen LogP contribution in [0.1, 0.15) is 33.1 Å². The minimum atomic E-state index is -4.54. The number of nitrogens with zero attached hydrogens (tertiary/aromatic N) is 1. The van der Waals surface area contributed by atoms with Gasteiger partial charge in [0.1, 0.15) is 17.1 Å². The number of nitrogens with one attached hydrogen (secondary N) is 1. The van der Waals surface area contributed by atoms with Crippen molar-refractivity contribution in [2.24, 2.45) is 0 Å². The molecule has 1 amide bonds. The van der Waals surface area contributed by atoms with Crippen molar-refractivity contribution >= 4 is 5.91 Å². The van der Waals surface area contributed by atoms with E-state index in [1.165, 1.54) is 24.3 Å². The molecular weight excluding hydrogens is 373 g/mol. The molecule has 2 aromatic heterocycles. The van der Waals surface area contributed by atoms with Crippen molar-refractivity contribution in [3.8, 4) is 5.69 Å². The number of carbonyl (C=O) groups excluding carboxylic acids is 1. The van der Waals surface area contributed by atoms with Crippen LogP contribution in [-0.2, 0) is 12.7 Å². The van der Waals surface area contributed by atoms with Crippen molar-refractivity contribution in [2.75, 3.05) is 0 Å². The first-order valence-corrected chi connectivity index (χ1v) is 8.40. The number of hydrogen-bond donors (Lipinski definition) is 1. The van der Waals surface area contributed by atoms with Gasteiger partial charge in [-0.2, -0.15) is 13.2 Å². The second-order valence-corrected chi connectivity index (χ2v) is 6.27. The second-order valence-electron chi connectivity index (χ2n) is 6.27. The van der Waals surface area contributed by atoms with Crippen LogP contribution in [0, 0.1) is 13.8 Å². The van der Waals surface area contributed by atoms with E-state index in [1.807, 2.05) is 0 Å². The lowest BCUT2D eigenvalue weighted by Gasteiger charge is -2.14. The molecule has 3 aromatic rings. The lowest BCUT2D eigenvalue weighted by Crippen LogP contribution is -2.33. The third-order valence-electron chi connectivity index (χ3n) is 4.17. The largest absolute Gasteiger partial charge is 0.465 e. The SMILES string of the molecule is Cc1ccc(CNC(=O)c2ccc(C)n(-c3cccc(C(F)(F)F)c3)c2=O)o1. The molecule has 28 heavy (non-hydrogen) atoms. The Labute approximate surface area is 158 Å². The molecule has 0 radical (unpaired) electrons. The topological polar surface area (TPSA) is 64.2 Å². The summed E-state index contributed by atoms with van der Waals surface area (Å²) in [5, 5.41) is 2.58. The van der Waals surface area contributed by atoms with Gasteiger partial charge in [-0.1, -0.05) is 6.07 Å². The van der Waals surface area contributed by atoms with Crippen LogP contribution >= 0.6 is 0 Å². The Hall–Kier alpha value is -3.29. The average molecular weight is 390 g/mol. The Kier molecular flexibility index (Phi) is 5.13. The second kappa shape index (κ2) is 7.38. The number of benzene rings is 1. The van der Waals surface area contributed by atoms with Gasteiger partial charge < -0.3 is 9.73 Å². The number of rotatable bonds is 4. The van der Waals surface area contributed by atoms with E-state index in [2.05, 4.69) is 5.32 Å². The van der Waals surface area contributed by atoms with Crippen molar-refractivity contribution in [3.63, 3.8) is 0 Å². The summed E-state index contributed by atoms with van der Waals surface area (Å²) in [6.07, 6.45) is -4.54. The van der Waals surface area contributed by atoms with Crippen LogP contribution in [0.15, 0.2) is 57.7 Å². The highest BCUT2D eigenvalue weighted by Gasteiger charge is 2.30. The fourth-order valence-electron chi connectivity index (χ4n) is 2.79. The minimum absolute atomic E-state index is 0.0358. The Morgan fingerprint density at radius 3 is 2.50 bits per heavy atom.